The second-order valence-electron chi connectivity index (χ2n) is 4.62. The van der Waals surface area contributed by atoms with Crippen molar-refractivity contribution in [2.45, 2.75) is 20.4 Å². The second kappa shape index (κ2) is 6.14. The van der Waals surface area contributed by atoms with E-state index in [2.05, 4.69) is 15.4 Å². The number of hydrogen-bond donors (Lipinski definition) is 1. The van der Waals surface area contributed by atoms with E-state index in [4.69, 9.17) is 0 Å². The Morgan fingerprint density at radius 1 is 1.45 bits per heavy atom. The topological polar surface area (TPSA) is 59.8 Å². The van der Waals surface area contributed by atoms with Crippen LogP contribution in [0, 0.1) is 13.8 Å². The van der Waals surface area contributed by atoms with Crippen molar-refractivity contribution in [3.8, 4) is 0 Å². The van der Waals surface area contributed by atoms with Gasteiger partial charge in [0.2, 0.25) is 5.91 Å². The number of amides is 1. The molecule has 2 heterocycles. The average molecular weight is 270 g/mol. The molecule has 0 aliphatic heterocycles. The van der Waals surface area contributed by atoms with Crippen LogP contribution in [0.2, 0.25) is 0 Å². The number of nitrogens with zero attached hydrogens (tertiary/aromatic N) is 3. The summed E-state index contributed by atoms with van der Waals surface area (Å²) in [6.07, 6.45) is 6.78. The van der Waals surface area contributed by atoms with E-state index in [9.17, 15) is 4.79 Å². The number of hydrogen-bond acceptors (Lipinski definition) is 3. The summed E-state index contributed by atoms with van der Waals surface area (Å²) in [6, 6.07) is 3.77. The minimum atomic E-state index is -0.128. The average Bonchev–Trinajstić information content (AvgIpc) is 2.69. The summed E-state index contributed by atoms with van der Waals surface area (Å²) in [5.74, 6) is -0.128. The molecule has 0 aliphatic carbocycles. The molecule has 0 radical (unpaired) electrons. The van der Waals surface area contributed by atoms with E-state index in [1.165, 1.54) is 6.08 Å². The molecule has 0 aromatic carbocycles. The van der Waals surface area contributed by atoms with E-state index in [0.717, 1.165) is 22.5 Å². The minimum Gasteiger partial charge on any atom is -0.348 e. The molecule has 104 valence electrons. The maximum atomic E-state index is 11.8. The van der Waals surface area contributed by atoms with Gasteiger partial charge in [-0.25, -0.2) is 0 Å². The predicted molar refractivity (Wildman–Crippen MR) is 77.8 cm³/mol. The maximum absolute atomic E-state index is 11.8. The van der Waals surface area contributed by atoms with E-state index < -0.39 is 0 Å². The van der Waals surface area contributed by atoms with Gasteiger partial charge in [-0.3, -0.25) is 14.5 Å². The molecule has 0 aliphatic rings. The zero-order valence-electron chi connectivity index (χ0n) is 11.9. The first kappa shape index (κ1) is 14.0. The Morgan fingerprint density at radius 3 is 2.85 bits per heavy atom. The molecule has 1 N–H and O–H groups in total. The standard InChI is InChI=1S/C15H18N4O/c1-11-14(12(2)19(3)18-11)6-7-15(20)17-10-13-5-4-8-16-9-13/h4-9H,10H2,1-3H3,(H,17,20)/b7-6+. The second-order valence-corrected chi connectivity index (χ2v) is 4.62. The van der Waals surface area contributed by atoms with Gasteiger partial charge in [-0.1, -0.05) is 6.07 Å². The van der Waals surface area contributed by atoms with E-state index in [0.29, 0.717) is 6.54 Å². The predicted octanol–water partition coefficient (Wildman–Crippen LogP) is 1.76. The summed E-state index contributed by atoms with van der Waals surface area (Å²) in [6.45, 7) is 4.38. The van der Waals surface area contributed by atoms with Crippen molar-refractivity contribution in [3.05, 3.63) is 53.1 Å². The normalized spacial score (nSPS) is 10.9. The fraction of sp³-hybridized carbons (Fsp3) is 0.267. The lowest BCUT2D eigenvalue weighted by Gasteiger charge is -2.01. The summed E-state index contributed by atoms with van der Waals surface area (Å²) in [5, 5.41) is 7.13. The molecule has 1 amide bonds. The molecule has 0 saturated carbocycles. The monoisotopic (exact) mass is 270 g/mol. The summed E-state index contributed by atoms with van der Waals surface area (Å²) in [7, 11) is 1.89. The van der Waals surface area contributed by atoms with Crippen LogP contribution >= 0.6 is 0 Å². The van der Waals surface area contributed by atoms with Crippen molar-refractivity contribution in [1.29, 1.82) is 0 Å². The Kier molecular flexibility index (Phi) is 4.30. The number of aryl methyl sites for hydroxylation is 2. The highest BCUT2D eigenvalue weighted by atomic mass is 16.1. The molecule has 2 aromatic rings. The smallest absolute Gasteiger partial charge is 0.244 e. The van der Waals surface area contributed by atoms with Gasteiger partial charge in [0.15, 0.2) is 0 Å². The SMILES string of the molecule is Cc1nn(C)c(C)c1/C=C/C(=O)NCc1cccnc1. The summed E-state index contributed by atoms with van der Waals surface area (Å²) in [5.41, 5.74) is 3.92. The summed E-state index contributed by atoms with van der Waals surface area (Å²) >= 11 is 0. The van der Waals surface area contributed by atoms with E-state index >= 15 is 0 Å². The maximum Gasteiger partial charge on any atom is 0.244 e. The van der Waals surface area contributed by atoms with Gasteiger partial charge in [0.1, 0.15) is 0 Å². The van der Waals surface area contributed by atoms with Crippen molar-refractivity contribution in [1.82, 2.24) is 20.1 Å². The molecular weight excluding hydrogens is 252 g/mol. The van der Waals surface area contributed by atoms with Crippen LogP contribution in [0.4, 0.5) is 0 Å². The van der Waals surface area contributed by atoms with Gasteiger partial charge in [-0.05, 0) is 31.6 Å². The van der Waals surface area contributed by atoms with Crippen LogP contribution in [0.3, 0.4) is 0 Å². The lowest BCUT2D eigenvalue weighted by Crippen LogP contribution is -2.20. The molecule has 0 spiro atoms. The van der Waals surface area contributed by atoms with Gasteiger partial charge in [-0.2, -0.15) is 5.10 Å². The number of rotatable bonds is 4. The van der Waals surface area contributed by atoms with Gasteiger partial charge in [0, 0.05) is 43.3 Å². The van der Waals surface area contributed by atoms with Crippen molar-refractivity contribution < 1.29 is 4.79 Å². The molecule has 0 atom stereocenters. The summed E-state index contributed by atoms with van der Waals surface area (Å²) in [4.78, 5) is 15.8. The molecular formula is C15H18N4O. The van der Waals surface area contributed by atoms with E-state index in [1.807, 2.05) is 37.7 Å². The van der Waals surface area contributed by atoms with Crippen molar-refractivity contribution in [3.63, 3.8) is 0 Å². The van der Waals surface area contributed by atoms with Crippen molar-refractivity contribution in [2.24, 2.45) is 7.05 Å². The largest absolute Gasteiger partial charge is 0.348 e. The Morgan fingerprint density at radius 2 is 2.25 bits per heavy atom. The molecule has 0 fully saturated rings. The summed E-state index contributed by atoms with van der Waals surface area (Å²) < 4.78 is 1.81. The number of pyridine rings is 1. The van der Waals surface area contributed by atoms with Crippen LogP contribution in [0.1, 0.15) is 22.5 Å². The first-order chi connectivity index (χ1) is 9.58. The lowest BCUT2D eigenvalue weighted by molar-refractivity contribution is -0.116. The van der Waals surface area contributed by atoms with E-state index in [1.54, 1.807) is 18.5 Å². The van der Waals surface area contributed by atoms with Gasteiger partial charge in [-0.15, -0.1) is 0 Å². The Hall–Kier alpha value is -2.43. The number of nitrogens with one attached hydrogen (secondary N) is 1. The highest BCUT2D eigenvalue weighted by molar-refractivity contribution is 5.91. The Balaban J connectivity index is 1.96. The number of aromatic nitrogens is 3. The van der Waals surface area contributed by atoms with Crippen molar-refractivity contribution in [2.75, 3.05) is 0 Å². The first-order valence-electron chi connectivity index (χ1n) is 6.43. The molecule has 5 heteroatoms. The van der Waals surface area contributed by atoms with Gasteiger partial charge < -0.3 is 5.32 Å². The van der Waals surface area contributed by atoms with E-state index in [-0.39, 0.29) is 5.91 Å². The van der Waals surface area contributed by atoms with Gasteiger partial charge >= 0.3 is 0 Å². The molecule has 2 rings (SSSR count). The fourth-order valence-electron chi connectivity index (χ4n) is 1.94. The molecule has 0 saturated heterocycles. The van der Waals surface area contributed by atoms with Crippen molar-refractivity contribution >= 4 is 12.0 Å². The molecule has 20 heavy (non-hydrogen) atoms. The van der Waals surface area contributed by atoms with Crippen LogP contribution in [0.5, 0.6) is 0 Å². The van der Waals surface area contributed by atoms with Gasteiger partial charge in [0.05, 0.1) is 5.69 Å². The van der Waals surface area contributed by atoms with Crippen LogP contribution in [0.25, 0.3) is 6.08 Å². The first-order valence-corrected chi connectivity index (χ1v) is 6.43. The Labute approximate surface area is 118 Å². The Bertz CT molecular complexity index is 629. The molecule has 2 aromatic heterocycles. The zero-order chi connectivity index (χ0) is 14.5. The van der Waals surface area contributed by atoms with Crippen LogP contribution < -0.4 is 5.32 Å². The zero-order valence-corrected chi connectivity index (χ0v) is 11.9. The van der Waals surface area contributed by atoms with Crippen LogP contribution in [0.15, 0.2) is 30.6 Å². The van der Waals surface area contributed by atoms with Gasteiger partial charge in [0.25, 0.3) is 0 Å². The molecule has 5 nitrogen and oxygen atoms in total. The van der Waals surface area contributed by atoms with Crippen LogP contribution in [-0.4, -0.2) is 20.7 Å². The molecule has 0 unspecified atom stereocenters. The van der Waals surface area contributed by atoms with Crippen LogP contribution in [-0.2, 0) is 18.4 Å². The molecule has 0 bridgehead atoms. The highest BCUT2D eigenvalue weighted by Crippen LogP contribution is 2.13. The lowest BCUT2D eigenvalue weighted by atomic mass is 10.2. The quantitative estimate of drug-likeness (QED) is 0.861. The minimum absolute atomic E-state index is 0.128. The third-order valence-electron chi connectivity index (χ3n) is 3.16. The fourth-order valence-corrected chi connectivity index (χ4v) is 1.94. The number of carbonyl (C=O) groups is 1. The third-order valence-corrected chi connectivity index (χ3v) is 3.16. The number of carbonyl (C=O) groups excluding carboxylic acids is 1. The third kappa shape index (κ3) is 3.32. The highest BCUT2D eigenvalue weighted by Gasteiger charge is 2.06.